The van der Waals surface area contributed by atoms with Crippen molar-refractivity contribution in [2.75, 3.05) is 19.0 Å². The number of benzene rings is 1. The highest BCUT2D eigenvalue weighted by atomic mass is 35.5. The number of carbonyl (C=O) groups is 1. The minimum atomic E-state index is -0.326. The van der Waals surface area contributed by atoms with Gasteiger partial charge < -0.3 is 19.9 Å². The van der Waals surface area contributed by atoms with Gasteiger partial charge in [-0.05, 0) is 31.0 Å². The van der Waals surface area contributed by atoms with Crippen LogP contribution in [-0.4, -0.2) is 24.3 Å². The Bertz CT molecular complexity index is 746. The molecule has 0 unspecified atom stereocenters. The summed E-state index contributed by atoms with van der Waals surface area (Å²) >= 11 is 6.00. The van der Waals surface area contributed by atoms with Crippen molar-refractivity contribution >= 4 is 23.3 Å². The number of nitrogens with zero attached hydrogens (tertiary/aromatic N) is 1. The number of methoxy groups -OCH3 is 1. The zero-order chi connectivity index (χ0) is 17.4. The second-order valence-electron chi connectivity index (χ2n) is 5.14. The number of carbonyl (C=O) groups excluding carboxylic acids is 1. The molecule has 0 fully saturated rings. The molecular formula is C17H20ClN3O3. The summed E-state index contributed by atoms with van der Waals surface area (Å²) in [5, 5.41) is 5.91. The predicted octanol–water partition coefficient (Wildman–Crippen LogP) is 3.11. The van der Waals surface area contributed by atoms with Gasteiger partial charge in [0, 0.05) is 25.4 Å². The summed E-state index contributed by atoms with van der Waals surface area (Å²) in [5.74, 6) is 0.428. The van der Waals surface area contributed by atoms with E-state index in [1.807, 2.05) is 6.07 Å². The van der Waals surface area contributed by atoms with Crippen molar-refractivity contribution in [3.63, 3.8) is 0 Å². The molecular weight excluding hydrogens is 330 g/mol. The van der Waals surface area contributed by atoms with Crippen LogP contribution in [0.1, 0.15) is 12.8 Å². The van der Waals surface area contributed by atoms with Crippen LogP contribution in [0.25, 0.3) is 0 Å². The van der Waals surface area contributed by atoms with Crippen LogP contribution in [0.5, 0.6) is 5.75 Å². The molecule has 24 heavy (non-hydrogen) atoms. The molecule has 2 N–H and O–H groups in total. The second-order valence-corrected chi connectivity index (χ2v) is 5.55. The third-order valence-corrected chi connectivity index (χ3v) is 3.73. The van der Waals surface area contributed by atoms with E-state index in [4.69, 9.17) is 16.3 Å². The zero-order valence-corrected chi connectivity index (χ0v) is 14.2. The normalized spacial score (nSPS) is 10.2. The fraction of sp³-hybridized carbons (Fsp3) is 0.294. The van der Waals surface area contributed by atoms with Gasteiger partial charge in [-0.1, -0.05) is 23.7 Å². The minimum absolute atomic E-state index is 0.0174. The molecule has 1 heterocycles. The molecule has 0 atom stereocenters. The summed E-state index contributed by atoms with van der Waals surface area (Å²) in [4.78, 5) is 23.4. The van der Waals surface area contributed by atoms with E-state index in [-0.39, 0.29) is 11.6 Å². The van der Waals surface area contributed by atoms with Crippen LogP contribution in [0.2, 0.25) is 5.02 Å². The zero-order valence-electron chi connectivity index (χ0n) is 13.4. The van der Waals surface area contributed by atoms with Crippen molar-refractivity contribution in [3.05, 3.63) is 58.0 Å². The number of anilines is 1. The molecule has 7 heteroatoms. The quantitative estimate of drug-likeness (QED) is 0.754. The summed E-state index contributed by atoms with van der Waals surface area (Å²) < 4.78 is 6.82. The van der Waals surface area contributed by atoms with Crippen molar-refractivity contribution in [2.24, 2.45) is 0 Å². The van der Waals surface area contributed by atoms with Gasteiger partial charge in [-0.25, -0.2) is 4.79 Å². The Hall–Kier alpha value is -2.47. The van der Waals surface area contributed by atoms with Gasteiger partial charge in [0.05, 0.1) is 17.8 Å². The first-order valence-electron chi connectivity index (χ1n) is 7.64. The Morgan fingerprint density at radius 1 is 1.21 bits per heavy atom. The van der Waals surface area contributed by atoms with Gasteiger partial charge in [0.1, 0.15) is 0 Å². The van der Waals surface area contributed by atoms with E-state index in [9.17, 15) is 9.59 Å². The molecule has 1 aromatic carbocycles. The van der Waals surface area contributed by atoms with Crippen molar-refractivity contribution in [3.8, 4) is 5.75 Å². The van der Waals surface area contributed by atoms with Crippen LogP contribution >= 0.6 is 11.6 Å². The van der Waals surface area contributed by atoms with E-state index in [0.717, 1.165) is 12.8 Å². The summed E-state index contributed by atoms with van der Waals surface area (Å²) in [7, 11) is 1.50. The average molecular weight is 350 g/mol. The van der Waals surface area contributed by atoms with Crippen molar-refractivity contribution in [1.82, 2.24) is 9.88 Å². The summed E-state index contributed by atoms with van der Waals surface area (Å²) in [6.07, 6.45) is 3.32. The molecule has 0 aliphatic carbocycles. The van der Waals surface area contributed by atoms with E-state index in [0.29, 0.717) is 29.5 Å². The van der Waals surface area contributed by atoms with Crippen LogP contribution < -0.4 is 20.9 Å². The molecule has 0 bridgehead atoms. The first-order valence-corrected chi connectivity index (χ1v) is 8.02. The third kappa shape index (κ3) is 5.03. The summed E-state index contributed by atoms with van der Waals surface area (Å²) in [6, 6.07) is 9.89. The Morgan fingerprint density at radius 2 is 2.04 bits per heavy atom. The van der Waals surface area contributed by atoms with Crippen LogP contribution in [0.15, 0.2) is 47.4 Å². The molecule has 0 aliphatic rings. The maximum Gasteiger partial charge on any atom is 0.319 e. The number of aryl methyl sites for hydroxylation is 1. The van der Waals surface area contributed by atoms with Crippen molar-refractivity contribution in [1.29, 1.82) is 0 Å². The molecule has 0 aliphatic heterocycles. The van der Waals surface area contributed by atoms with Gasteiger partial charge in [0.25, 0.3) is 0 Å². The Labute approximate surface area is 145 Å². The molecule has 1 aromatic heterocycles. The number of rotatable bonds is 7. The first kappa shape index (κ1) is 17.9. The first-order chi connectivity index (χ1) is 11.6. The number of aromatic nitrogens is 1. The van der Waals surface area contributed by atoms with Crippen LogP contribution in [0, 0.1) is 0 Å². The minimum Gasteiger partial charge on any atom is -0.493 e. The van der Waals surface area contributed by atoms with E-state index < -0.39 is 0 Å². The third-order valence-electron chi connectivity index (χ3n) is 3.43. The SMILES string of the molecule is COc1c(Cl)cccc1NC(=O)NCCCCn1ccccc1=O. The maximum atomic E-state index is 11.9. The monoisotopic (exact) mass is 349 g/mol. The molecule has 6 nitrogen and oxygen atoms in total. The van der Waals surface area contributed by atoms with Crippen LogP contribution in [0.3, 0.4) is 0 Å². The number of nitrogens with one attached hydrogen (secondary N) is 2. The topological polar surface area (TPSA) is 72.4 Å². The molecule has 0 spiro atoms. The molecule has 2 amide bonds. The molecule has 2 rings (SSSR count). The number of halogens is 1. The van der Waals surface area contributed by atoms with Crippen molar-refractivity contribution < 1.29 is 9.53 Å². The number of urea groups is 1. The van der Waals surface area contributed by atoms with Gasteiger partial charge in [-0.3, -0.25) is 4.79 Å². The maximum absolute atomic E-state index is 11.9. The molecule has 0 saturated carbocycles. The Balaban J connectivity index is 1.73. The van der Waals surface area contributed by atoms with E-state index in [1.165, 1.54) is 13.2 Å². The van der Waals surface area contributed by atoms with Crippen LogP contribution in [-0.2, 0) is 6.54 Å². The fourth-order valence-electron chi connectivity index (χ4n) is 2.24. The van der Waals surface area contributed by atoms with Gasteiger partial charge >= 0.3 is 6.03 Å². The highest BCUT2D eigenvalue weighted by Crippen LogP contribution is 2.32. The molecule has 0 saturated heterocycles. The highest BCUT2D eigenvalue weighted by molar-refractivity contribution is 6.32. The number of hydrogen-bond donors (Lipinski definition) is 2. The lowest BCUT2D eigenvalue weighted by atomic mass is 10.3. The smallest absolute Gasteiger partial charge is 0.319 e. The highest BCUT2D eigenvalue weighted by Gasteiger charge is 2.09. The van der Waals surface area contributed by atoms with E-state index >= 15 is 0 Å². The standard InChI is InChI=1S/C17H20ClN3O3/c1-24-16-13(18)7-6-8-14(16)20-17(23)19-10-3-5-12-21-11-4-2-9-15(21)22/h2,4,6-9,11H,3,5,10,12H2,1H3,(H2,19,20,23). The number of para-hydroxylation sites is 1. The van der Waals surface area contributed by atoms with Crippen molar-refractivity contribution in [2.45, 2.75) is 19.4 Å². The van der Waals surface area contributed by atoms with E-state index in [2.05, 4.69) is 10.6 Å². The number of pyridine rings is 1. The predicted molar refractivity (Wildman–Crippen MR) is 95.0 cm³/mol. The van der Waals surface area contributed by atoms with Gasteiger partial charge in [0.2, 0.25) is 5.56 Å². The average Bonchev–Trinajstić information content (AvgIpc) is 2.56. The van der Waals surface area contributed by atoms with Gasteiger partial charge in [-0.15, -0.1) is 0 Å². The lowest BCUT2D eigenvalue weighted by molar-refractivity contribution is 0.251. The molecule has 2 aromatic rings. The van der Waals surface area contributed by atoms with E-state index in [1.54, 1.807) is 35.0 Å². The number of unbranched alkanes of at least 4 members (excludes halogenated alkanes) is 1. The molecule has 128 valence electrons. The summed E-state index contributed by atoms with van der Waals surface area (Å²) in [5.41, 5.74) is 0.495. The number of hydrogen-bond acceptors (Lipinski definition) is 3. The Morgan fingerprint density at radius 3 is 2.79 bits per heavy atom. The van der Waals surface area contributed by atoms with Gasteiger partial charge in [-0.2, -0.15) is 0 Å². The summed E-state index contributed by atoms with van der Waals surface area (Å²) in [6.45, 7) is 1.14. The fourth-order valence-corrected chi connectivity index (χ4v) is 2.49. The largest absolute Gasteiger partial charge is 0.493 e. The van der Waals surface area contributed by atoms with Crippen LogP contribution in [0.4, 0.5) is 10.5 Å². The number of ether oxygens (including phenoxy) is 1. The second kappa shape index (κ2) is 8.98. The van der Waals surface area contributed by atoms with Gasteiger partial charge in [0.15, 0.2) is 5.75 Å². The number of amides is 2. The molecule has 0 radical (unpaired) electrons. The lowest BCUT2D eigenvalue weighted by Crippen LogP contribution is -2.30. The lowest BCUT2D eigenvalue weighted by Gasteiger charge is -2.12. The Kier molecular flexibility index (Phi) is 6.69.